The largest absolute Gasteiger partial charge is 0.480 e. The fourth-order valence-electron chi connectivity index (χ4n) is 4.40. The first-order chi connectivity index (χ1) is 14.1. The molecule has 5 nitrogen and oxygen atoms in total. The van der Waals surface area contributed by atoms with Crippen molar-refractivity contribution >= 4 is 35.4 Å². The number of carbonyl (C=O) groups excluding carboxylic acids is 1. The number of hydrogen-bond donors (Lipinski definition) is 4. The smallest absolute Gasteiger partial charge is 0.326 e. The quantitative estimate of drug-likeness (QED) is 0.451. The van der Waals surface area contributed by atoms with E-state index in [1.165, 1.54) is 11.1 Å². The third-order valence-electron chi connectivity index (χ3n) is 5.91. The maximum absolute atomic E-state index is 13.0. The maximum atomic E-state index is 13.0. The molecule has 1 aliphatic rings. The highest BCUT2D eigenvalue weighted by Crippen LogP contribution is 2.39. The van der Waals surface area contributed by atoms with Crippen LogP contribution in [0.2, 0.25) is 0 Å². The van der Waals surface area contributed by atoms with E-state index < -0.39 is 12.0 Å². The van der Waals surface area contributed by atoms with Gasteiger partial charge >= 0.3 is 5.97 Å². The van der Waals surface area contributed by atoms with Crippen LogP contribution < -0.4 is 5.32 Å². The Morgan fingerprint density at radius 1 is 1.17 bits per heavy atom. The lowest BCUT2D eigenvalue weighted by Crippen LogP contribution is -2.46. The molecule has 6 heteroatoms. The molecule has 0 saturated heterocycles. The van der Waals surface area contributed by atoms with Gasteiger partial charge in [0.2, 0.25) is 5.91 Å². The van der Waals surface area contributed by atoms with E-state index >= 15 is 0 Å². The van der Waals surface area contributed by atoms with Gasteiger partial charge < -0.3 is 15.4 Å². The van der Waals surface area contributed by atoms with Gasteiger partial charge in [0.25, 0.3) is 0 Å². The Kier molecular flexibility index (Phi) is 5.62. The number of benzene rings is 2. The monoisotopic (exact) mass is 408 g/mol. The van der Waals surface area contributed by atoms with Gasteiger partial charge in [-0.3, -0.25) is 4.79 Å². The Balaban J connectivity index is 1.52. The first kappa shape index (κ1) is 19.6. The highest BCUT2D eigenvalue weighted by molar-refractivity contribution is 7.80. The molecular weight excluding hydrogens is 384 g/mol. The van der Waals surface area contributed by atoms with Crippen LogP contribution in [0.5, 0.6) is 0 Å². The van der Waals surface area contributed by atoms with Crippen LogP contribution in [0.1, 0.15) is 29.0 Å². The van der Waals surface area contributed by atoms with Gasteiger partial charge in [-0.05, 0) is 41.5 Å². The molecule has 0 bridgehead atoms. The van der Waals surface area contributed by atoms with Crippen LogP contribution in [0.25, 0.3) is 10.9 Å². The number of amides is 1. The number of rotatable bonds is 7. The van der Waals surface area contributed by atoms with Crippen molar-refractivity contribution in [3.8, 4) is 0 Å². The van der Waals surface area contributed by atoms with E-state index in [1.807, 2.05) is 42.6 Å². The van der Waals surface area contributed by atoms with E-state index in [1.54, 1.807) is 0 Å². The zero-order valence-corrected chi connectivity index (χ0v) is 16.9. The van der Waals surface area contributed by atoms with Crippen LogP contribution >= 0.6 is 12.6 Å². The number of thiol groups is 1. The highest BCUT2D eigenvalue weighted by Gasteiger charge is 2.35. The molecule has 3 aromatic rings. The summed E-state index contributed by atoms with van der Waals surface area (Å²) in [6.45, 7) is 0. The Morgan fingerprint density at radius 3 is 2.72 bits per heavy atom. The number of aromatic nitrogens is 1. The minimum atomic E-state index is -1.03. The number of hydrogen-bond acceptors (Lipinski definition) is 3. The average molecular weight is 409 g/mol. The standard InChI is InChI=1S/C23H24N2O3S/c26-22(19(13-29)18-10-9-14-5-1-2-6-16(14)18)25-21(23(27)28)11-15-12-24-20-8-4-3-7-17(15)20/h1-8,12,18-19,21,24,29H,9-11,13H2,(H,25,26)(H,27,28)/t18?,19?,21-/m0/s1. The molecule has 1 aromatic heterocycles. The second kappa shape index (κ2) is 8.33. The van der Waals surface area contributed by atoms with Crippen molar-refractivity contribution in [1.82, 2.24) is 10.3 Å². The molecule has 4 rings (SSSR count). The summed E-state index contributed by atoms with van der Waals surface area (Å²) in [5.74, 6) is -1.18. The van der Waals surface area contributed by atoms with Crippen molar-refractivity contribution in [2.45, 2.75) is 31.2 Å². The van der Waals surface area contributed by atoms with Crippen LogP contribution in [0.3, 0.4) is 0 Å². The molecule has 2 aromatic carbocycles. The number of para-hydroxylation sites is 1. The summed E-state index contributed by atoms with van der Waals surface area (Å²) >= 11 is 4.42. The summed E-state index contributed by atoms with van der Waals surface area (Å²) in [6.07, 6.45) is 3.87. The van der Waals surface area contributed by atoms with Gasteiger partial charge in [0.15, 0.2) is 0 Å². The summed E-state index contributed by atoms with van der Waals surface area (Å²) in [6, 6.07) is 14.9. The van der Waals surface area contributed by atoms with E-state index in [0.717, 1.165) is 29.3 Å². The van der Waals surface area contributed by atoms with Crippen molar-refractivity contribution in [3.05, 3.63) is 71.4 Å². The normalized spacial score (nSPS) is 17.6. The highest BCUT2D eigenvalue weighted by atomic mass is 32.1. The minimum Gasteiger partial charge on any atom is -0.480 e. The molecule has 0 spiro atoms. The number of aryl methyl sites for hydroxylation is 1. The van der Waals surface area contributed by atoms with Crippen LogP contribution in [0.4, 0.5) is 0 Å². The van der Waals surface area contributed by atoms with Gasteiger partial charge in [-0.15, -0.1) is 0 Å². The van der Waals surface area contributed by atoms with Gasteiger partial charge in [0, 0.05) is 29.3 Å². The molecule has 0 saturated carbocycles. The summed E-state index contributed by atoms with van der Waals surface area (Å²) in [5, 5.41) is 13.5. The molecule has 2 unspecified atom stereocenters. The molecule has 0 aliphatic heterocycles. The van der Waals surface area contributed by atoms with Gasteiger partial charge in [-0.1, -0.05) is 42.5 Å². The molecule has 1 heterocycles. The van der Waals surface area contributed by atoms with Gasteiger partial charge in [-0.2, -0.15) is 12.6 Å². The van der Waals surface area contributed by atoms with Gasteiger partial charge in [0.05, 0.1) is 5.92 Å². The fraction of sp³-hybridized carbons (Fsp3) is 0.304. The third-order valence-corrected chi connectivity index (χ3v) is 6.31. The van der Waals surface area contributed by atoms with E-state index in [9.17, 15) is 14.7 Å². The van der Waals surface area contributed by atoms with Gasteiger partial charge in [0.1, 0.15) is 6.04 Å². The molecule has 150 valence electrons. The molecule has 0 fully saturated rings. The predicted molar refractivity (Wildman–Crippen MR) is 116 cm³/mol. The fourth-order valence-corrected chi connectivity index (χ4v) is 4.82. The SMILES string of the molecule is O=C(N[C@@H](Cc1c[nH]c2ccccc12)C(=O)O)C(CS)C1CCc2ccccc21. The lowest BCUT2D eigenvalue weighted by atomic mass is 9.87. The van der Waals surface area contributed by atoms with E-state index in [2.05, 4.69) is 35.1 Å². The zero-order valence-electron chi connectivity index (χ0n) is 16.0. The molecule has 1 aliphatic carbocycles. The number of H-pyrrole nitrogens is 1. The first-order valence-corrected chi connectivity index (χ1v) is 10.5. The molecule has 29 heavy (non-hydrogen) atoms. The Morgan fingerprint density at radius 2 is 1.93 bits per heavy atom. The number of carboxylic acid groups (broad SMARTS) is 1. The average Bonchev–Trinajstić information content (AvgIpc) is 3.33. The summed E-state index contributed by atoms with van der Waals surface area (Å²) in [7, 11) is 0. The zero-order chi connectivity index (χ0) is 20.4. The van der Waals surface area contributed by atoms with Crippen molar-refractivity contribution in [2.24, 2.45) is 5.92 Å². The Hall–Kier alpha value is -2.73. The van der Waals surface area contributed by atoms with Crippen LogP contribution in [-0.2, 0) is 22.4 Å². The number of aliphatic carboxylic acids is 1. The number of carbonyl (C=O) groups is 2. The number of carboxylic acids is 1. The van der Waals surface area contributed by atoms with Crippen molar-refractivity contribution < 1.29 is 14.7 Å². The molecule has 0 radical (unpaired) electrons. The van der Waals surface area contributed by atoms with Crippen LogP contribution in [-0.4, -0.2) is 33.8 Å². The molecule has 3 N–H and O–H groups in total. The topological polar surface area (TPSA) is 82.2 Å². The minimum absolute atomic E-state index is 0.0752. The molecule has 3 atom stereocenters. The lowest BCUT2D eigenvalue weighted by molar-refractivity contribution is -0.142. The van der Waals surface area contributed by atoms with Crippen molar-refractivity contribution in [3.63, 3.8) is 0 Å². The number of aromatic amines is 1. The number of fused-ring (bicyclic) bond motifs is 2. The van der Waals surface area contributed by atoms with E-state index in [-0.39, 0.29) is 24.2 Å². The molecular formula is C23H24N2O3S. The lowest BCUT2D eigenvalue weighted by Gasteiger charge is -2.24. The summed E-state index contributed by atoms with van der Waals surface area (Å²) < 4.78 is 0. The second-order valence-corrected chi connectivity index (χ2v) is 7.96. The Labute approximate surface area is 174 Å². The van der Waals surface area contributed by atoms with Crippen LogP contribution in [0, 0.1) is 5.92 Å². The maximum Gasteiger partial charge on any atom is 0.326 e. The van der Waals surface area contributed by atoms with E-state index in [4.69, 9.17) is 0 Å². The summed E-state index contributed by atoms with van der Waals surface area (Å²) in [4.78, 5) is 28.1. The second-order valence-electron chi connectivity index (χ2n) is 7.60. The first-order valence-electron chi connectivity index (χ1n) is 9.85. The third kappa shape index (κ3) is 3.90. The van der Waals surface area contributed by atoms with Gasteiger partial charge in [-0.25, -0.2) is 4.79 Å². The number of nitrogens with one attached hydrogen (secondary N) is 2. The summed E-state index contributed by atoms with van der Waals surface area (Å²) in [5.41, 5.74) is 4.28. The Bertz CT molecular complexity index is 1050. The molecule has 1 amide bonds. The van der Waals surface area contributed by atoms with Crippen molar-refractivity contribution in [2.75, 3.05) is 5.75 Å². The van der Waals surface area contributed by atoms with Crippen LogP contribution in [0.15, 0.2) is 54.7 Å². The predicted octanol–water partition coefficient (Wildman–Crippen LogP) is 3.56. The van der Waals surface area contributed by atoms with E-state index in [0.29, 0.717) is 5.75 Å². The van der Waals surface area contributed by atoms with Crippen molar-refractivity contribution in [1.29, 1.82) is 0 Å².